The molecule has 2 aliphatic rings. The van der Waals surface area contributed by atoms with E-state index in [2.05, 4.69) is 19.1 Å². The Hall–Kier alpha value is 0.200. The van der Waals surface area contributed by atoms with Crippen LogP contribution in [0.25, 0.3) is 0 Å². The first-order valence-corrected chi connectivity index (χ1v) is 7.97. The number of hydrogen-bond donors (Lipinski definition) is 0. The molecule has 1 saturated heterocycles. The van der Waals surface area contributed by atoms with Crippen LogP contribution in [0.3, 0.4) is 0 Å². The second-order valence-corrected chi connectivity index (χ2v) is 5.92. The highest BCUT2D eigenvalue weighted by molar-refractivity contribution is 6.21. The maximum absolute atomic E-state index is 5.94. The Balaban J connectivity index is 1.75. The lowest BCUT2D eigenvalue weighted by Gasteiger charge is -2.29. The van der Waals surface area contributed by atoms with Crippen LogP contribution in [0.1, 0.15) is 19.8 Å². The fraction of sp³-hybridized carbons (Fsp3) is 0.857. The van der Waals surface area contributed by atoms with Gasteiger partial charge in [0.1, 0.15) is 6.10 Å². The minimum atomic E-state index is -0.109. The van der Waals surface area contributed by atoms with Gasteiger partial charge < -0.3 is 14.2 Å². The molecule has 1 aliphatic carbocycles. The Kier molecular flexibility index (Phi) is 6.43. The average Bonchev–Trinajstić information content (AvgIpc) is 2.89. The van der Waals surface area contributed by atoms with Gasteiger partial charge in [0.2, 0.25) is 0 Å². The van der Waals surface area contributed by atoms with Crippen molar-refractivity contribution in [1.29, 1.82) is 0 Å². The Morgan fingerprint density at radius 3 is 2.68 bits per heavy atom. The fourth-order valence-electron chi connectivity index (χ4n) is 2.51. The molecular formula is C14H22Cl2O3. The van der Waals surface area contributed by atoms with E-state index < -0.39 is 0 Å². The minimum Gasteiger partial charge on any atom is -0.373 e. The van der Waals surface area contributed by atoms with Gasteiger partial charge in [-0.3, -0.25) is 0 Å². The van der Waals surface area contributed by atoms with Crippen LogP contribution in [-0.4, -0.2) is 43.5 Å². The molecular weight excluding hydrogens is 287 g/mol. The first kappa shape index (κ1) is 15.6. The van der Waals surface area contributed by atoms with Crippen LogP contribution in [0.15, 0.2) is 12.2 Å². The molecule has 0 aromatic heterocycles. The molecule has 0 spiro atoms. The quantitative estimate of drug-likeness (QED) is 0.557. The Bertz CT molecular complexity index is 294. The molecule has 0 amide bonds. The van der Waals surface area contributed by atoms with Crippen LogP contribution in [0.4, 0.5) is 0 Å². The molecule has 0 saturated carbocycles. The molecule has 0 aromatic carbocycles. The molecule has 19 heavy (non-hydrogen) atoms. The largest absolute Gasteiger partial charge is 0.373 e. The van der Waals surface area contributed by atoms with Crippen molar-refractivity contribution in [3.63, 3.8) is 0 Å². The van der Waals surface area contributed by atoms with Crippen LogP contribution in [-0.2, 0) is 14.2 Å². The third kappa shape index (κ3) is 4.33. The van der Waals surface area contributed by atoms with Gasteiger partial charge in [0.25, 0.3) is 0 Å². The molecule has 5 heteroatoms. The first-order chi connectivity index (χ1) is 9.24. The van der Waals surface area contributed by atoms with Crippen LogP contribution >= 0.6 is 23.2 Å². The molecule has 1 aliphatic heterocycles. The summed E-state index contributed by atoms with van der Waals surface area (Å²) in [5.74, 6) is 1.87. The van der Waals surface area contributed by atoms with E-state index >= 15 is 0 Å². The van der Waals surface area contributed by atoms with Gasteiger partial charge in [-0.15, -0.1) is 23.2 Å². The summed E-state index contributed by atoms with van der Waals surface area (Å²) in [7, 11) is 0. The van der Waals surface area contributed by atoms with Gasteiger partial charge in [0, 0.05) is 17.7 Å². The van der Waals surface area contributed by atoms with E-state index in [1.165, 1.54) is 0 Å². The monoisotopic (exact) mass is 308 g/mol. The first-order valence-electron chi connectivity index (χ1n) is 6.90. The van der Waals surface area contributed by atoms with Gasteiger partial charge in [0.05, 0.1) is 19.3 Å². The maximum atomic E-state index is 5.94. The van der Waals surface area contributed by atoms with E-state index in [4.69, 9.17) is 37.4 Å². The van der Waals surface area contributed by atoms with Gasteiger partial charge in [-0.25, -0.2) is 0 Å². The van der Waals surface area contributed by atoms with E-state index in [1.54, 1.807) is 0 Å². The number of ether oxygens (including phenoxy) is 3. The molecule has 1 fully saturated rings. The summed E-state index contributed by atoms with van der Waals surface area (Å²) in [6.07, 6.45) is 6.39. The summed E-state index contributed by atoms with van der Waals surface area (Å²) in [6.45, 7) is 3.34. The lowest BCUT2D eigenvalue weighted by Crippen LogP contribution is -2.30. The maximum Gasteiger partial charge on any atom is 0.161 e. The highest BCUT2D eigenvalue weighted by Gasteiger charge is 2.35. The van der Waals surface area contributed by atoms with Gasteiger partial charge in [-0.1, -0.05) is 19.1 Å². The number of hydrogen-bond acceptors (Lipinski definition) is 3. The molecule has 3 nitrogen and oxygen atoms in total. The third-order valence-electron chi connectivity index (χ3n) is 3.80. The van der Waals surface area contributed by atoms with E-state index in [-0.39, 0.29) is 18.5 Å². The lowest BCUT2D eigenvalue weighted by molar-refractivity contribution is -0.119. The van der Waals surface area contributed by atoms with Crippen molar-refractivity contribution in [1.82, 2.24) is 0 Å². The summed E-state index contributed by atoms with van der Waals surface area (Å²) in [5, 5.41) is 0. The summed E-state index contributed by atoms with van der Waals surface area (Å²) < 4.78 is 17.3. The SMILES string of the molecule is CC1CC=CCC1C1OCC(COC(CCl)CCl)O1. The van der Waals surface area contributed by atoms with Crippen LogP contribution < -0.4 is 0 Å². The van der Waals surface area contributed by atoms with Crippen LogP contribution in [0.2, 0.25) is 0 Å². The molecule has 2 rings (SSSR count). The fourth-order valence-corrected chi connectivity index (χ4v) is 3.01. The average molecular weight is 309 g/mol. The van der Waals surface area contributed by atoms with E-state index in [0.29, 0.717) is 36.8 Å². The molecule has 110 valence electrons. The molecule has 0 radical (unpaired) electrons. The predicted octanol–water partition coefficient (Wildman–Crippen LogP) is 3.19. The van der Waals surface area contributed by atoms with Gasteiger partial charge in [0.15, 0.2) is 6.29 Å². The second kappa shape index (κ2) is 7.84. The van der Waals surface area contributed by atoms with Crippen LogP contribution in [0, 0.1) is 11.8 Å². The zero-order valence-electron chi connectivity index (χ0n) is 11.3. The number of halogens is 2. The molecule has 0 N–H and O–H groups in total. The van der Waals surface area contributed by atoms with Crippen molar-refractivity contribution in [2.45, 2.75) is 38.3 Å². The van der Waals surface area contributed by atoms with Crippen molar-refractivity contribution in [3.05, 3.63) is 12.2 Å². The summed E-state index contributed by atoms with van der Waals surface area (Å²) in [5.41, 5.74) is 0. The van der Waals surface area contributed by atoms with Crippen molar-refractivity contribution in [2.75, 3.05) is 25.0 Å². The van der Waals surface area contributed by atoms with Crippen molar-refractivity contribution < 1.29 is 14.2 Å². The standard InChI is InChI=1S/C14H22Cl2O3/c1-10-4-2-3-5-13(10)14-18-9-12(19-14)8-17-11(6-15)7-16/h2-3,10-14H,4-9H2,1H3. The minimum absolute atomic E-state index is 0.00274. The molecule has 4 atom stereocenters. The van der Waals surface area contributed by atoms with Gasteiger partial charge in [-0.05, 0) is 18.8 Å². The number of allylic oxidation sites excluding steroid dienone is 2. The Labute approximate surface area is 125 Å². The molecule has 4 unspecified atom stereocenters. The zero-order valence-corrected chi connectivity index (χ0v) is 12.8. The van der Waals surface area contributed by atoms with Crippen molar-refractivity contribution >= 4 is 23.2 Å². The Morgan fingerprint density at radius 1 is 1.26 bits per heavy atom. The second-order valence-electron chi connectivity index (χ2n) is 5.31. The van der Waals surface area contributed by atoms with Crippen LogP contribution in [0.5, 0.6) is 0 Å². The molecule has 0 bridgehead atoms. The molecule has 1 heterocycles. The third-order valence-corrected chi connectivity index (χ3v) is 4.49. The normalized spacial score (nSPS) is 35.2. The Morgan fingerprint density at radius 2 is 2.00 bits per heavy atom. The highest BCUT2D eigenvalue weighted by atomic mass is 35.5. The highest BCUT2D eigenvalue weighted by Crippen LogP contribution is 2.33. The van der Waals surface area contributed by atoms with Crippen molar-refractivity contribution in [3.8, 4) is 0 Å². The predicted molar refractivity (Wildman–Crippen MR) is 76.8 cm³/mol. The van der Waals surface area contributed by atoms with E-state index in [1.807, 2.05) is 0 Å². The van der Waals surface area contributed by atoms with E-state index in [0.717, 1.165) is 12.8 Å². The number of rotatable bonds is 6. The summed E-state index contributed by atoms with van der Waals surface area (Å²) >= 11 is 11.5. The smallest absolute Gasteiger partial charge is 0.161 e. The number of alkyl halides is 2. The van der Waals surface area contributed by atoms with Gasteiger partial charge >= 0.3 is 0 Å². The summed E-state index contributed by atoms with van der Waals surface area (Å²) in [6, 6.07) is 0. The van der Waals surface area contributed by atoms with Gasteiger partial charge in [-0.2, -0.15) is 0 Å². The summed E-state index contributed by atoms with van der Waals surface area (Å²) in [4.78, 5) is 0. The molecule has 0 aromatic rings. The van der Waals surface area contributed by atoms with Crippen molar-refractivity contribution in [2.24, 2.45) is 11.8 Å². The zero-order chi connectivity index (χ0) is 13.7. The van der Waals surface area contributed by atoms with E-state index in [9.17, 15) is 0 Å². The lowest BCUT2D eigenvalue weighted by atomic mass is 9.84. The topological polar surface area (TPSA) is 27.7 Å².